The maximum Gasteiger partial charge on any atom is 0.343 e. The van der Waals surface area contributed by atoms with Crippen molar-refractivity contribution in [1.82, 2.24) is 24.7 Å². The molecule has 28 heavy (non-hydrogen) atoms. The molecule has 0 aliphatic heterocycles. The molecule has 3 rings (SSSR count). The first-order valence-corrected chi connectivity index (χ1v) is 8.53. The Morgan fingerprint density at radius 3 is 2.71 bits per heavy atom. The molecule has 0 radical (unpaired) electrons. The normalized spacial score (nSPS) is 10.6. The van der Waals surface area contributed by atoms with Crippen molar-refractivity contribution in [2.24, 2.45) is 7.05 Å². The summed E-state index contributed by atoms with van der Waals surface area (Å²) in [4.78, 5) is 24.6. The van der Waals surface area contributed by atoms with Crippen LogP contribution >= 0.6 is 11.6 Å². The van der Waals surface area contributed by atoms with Gasteiger partial charge in [-0.25, -0.2) is 4.79 Å². The fourth-order valence-corrected chi connectivity index (χ4v) is 2.74. The van der Waals surface area contributed by atoms with E-state index in [2.05, 4.69) is 25.4 Å². The zero-order valence-electron chi connectivity index (χ0n) is 15.4. The number of nitrogens with zero attached hydrogens (tertiary/aromatic N) is 5. The van der Waals surface area contributed by atoms with Gasteiger partial charge in [-0.2, -0.15) is 20.1 Å². The third-order valence-electron chi connectivity index (χ3n) is 3.74. The number of esters is 1. The summed E-state index contributed by atoms with van der Waals surface area (Å²) < 4.78 is 11.9. The molecular formula is C17H18ClN7O3. The molecule has 2 aromatic heterocycles. The van der Waals surface area contributed by atoms with Gasteiger partial charge in [-0.1, -0.05) is 23.7 Å². The van der Waals surface area contributed by atoms with Crippen LogP contribution in [0.4, 0.5) is 17.6 Å². The molecule has 3 N–H and O–H groups in total. The van der Waals surface area contributed by atoms with Gasteiger partial charge in [0, 0.05) is 7.05 Å². The van der Waals surface area contributed by atoms with E-state index in [-0.39, 0.29) is 35.0 Å². The van der Waals surface area contributed by atoms with Crippen LogP contribution in [-0.2, 0) is 18.4 Å². The minimum atomic E-state index is -0.631. The van der Waals surface area contributed by atoms with Crippen molar-refractivity contribution in [1.29, 1.82) is 0 Å². The molecule has 0 aliphatic carbocycles. The van der Waals surface area contributed by atoms with Crippen molar-refractivity contribution in [2.45, 2.75) is 13.5 Å². The number of hydrogen-bond acceptors (Lipinski definition) is 9. The van der Waals surface area contributed by atoms with Gasteiger partial charge >= 0.3 is 5.97 Å². The van der Waals surface area contributed by atoms with Crippen LogP contribution in [0, 0.1) is 6.92 Å². The third-order valence-corrected chi connectivity index (χ3v) is 4.17. The summed E-state index contributed by atoms with van der Waals surface area (Å²) >= 11 is 6.08. The van der Waals surface area contributed by atoms with Gasteiger partial charge in [-0.15, -0.1) is 0 Å². The van der Waals surface area contributed by atoms with Crippen LogP contribution in [0.3, 0.4) is 0 Å². The fourth-order valence-electron chi connectivity index (χ4n) is 2.49. The first kappa shape index (κ1) is 19.4. The monoisotopic (exact) mass is 403 g/mol. The SMILES string of the molecule is COc1ccccc1Nc1nc(N)nc(COC(=O)c2c(C)nn(C)c2Cl)n1. The highest BCUT2D eigenvalue weighted by Crippen LogP contribution is 2.26. The lowest BCUT2D eigenvalue weighted by Gasteiger charge is -2.11. The van der Waals surface area contributed by atoms with Crippen LogP contribution in [0.15, 0.2) is 24.3 Å². The number of rotatable bonds is 6. The Morgan fingerprint density at radius 1 is 1.29 bits per heavy atom. The van der Waals surface area contributed by atoms with Crippen molar-refractivity contribution < 1.29 is 14.3 Å². The molecule has 0 atom stereocenters. The molecule has 10 nitrogen and oxygen atoms in total. The van der Waals surface area contributed by atoms with Gasteiger partial charge < -0.3 is 20.5 Å². The lowest BCUT2D eigenvalue weighted by molar-refractivity contribution is 0.0461. The van der Waals surface area contributed by atoms with Gasteiger partial charge in [0.1, 0.15) is 16.5 Å². The molecule has 0 saturated heterocycles. The van der Waals surface area contributed by atoms with Gasteiger partial charge in [-0.3, -0.25) is 4.68 Å². The van der Waals surface area contributed by atoms with Crippen molar-refractivity contribution >= 4 is 35.2 Å². The maximum absolute atomic E-state index is 12.3. The van der Waals surface area contributed by atoms with Gasteiger partial charge in [0.05, 0.1) is 18.5 Å². The highest BCUT2D eigenvalue weighted by molar-refractivity contribution is 6.32. The molecular weight excluding hydrogens is 386 g/mol. The summed E-state index contributed by atoms with van der Waals surface area (Å²) in [5.74, 6) is 0.327. The van der Waals surface area contributed by atoms with Gasteiger partial charge in [-0.05, 0) is 19.1 Å². The quantitative estimate of drug-likeness (QED) is 0.595. The Labute approximate surface area is 165 Å². The first-order valence-electron chi connectivity index (χ1n) is 8.15. The maximum atomic E-state index is 12.3. The number of aryl methyl sites for hydroxylation is 2. The topological polar surface area (TPSA) is 130 Å². The highest BCUT2D eigenvalue weighted by Gasteiger charge is 2.21. The van der Waals surface area contributed by atoms with Gasteiger partial charge in [0.15, 0.2) is 12.4 Å². The summed E-state index contributed by atoms with van der Waals surface area (Å²) in [7, 11) is 3.19. The predicted molar refractivity (Wildman–Crippen MR) is 103 cm³/mol. The van der Waals surface area contributed by atoms with E-state index < -0.39 is 5.97 Å². The number of hydrogen-bond donors (Lipinski definition) is 2. The Balaban J connectivity index is 1.75. The zero-order valence-corrected chi connectivity index (χ0v) is 16.2. The number of anilines is 3. The highest BCUT2D eigenvalue weighted by atomic mass is 35.5. The summed E-state index contributed by atoms with van der Waals surface area (Å²) in [5, 5.41) is 7.27. The van der Waals surface area contributed by atoms with Crippen molar-refractivity contribution in [3.63, 3.8) is 0 Å². The number of carbonyl (C=O) groups is 1. The third kappa shape index (κ3) is 4.12. The van der Waals surface area contributed by atoms with E-state index in [0.717, 1.165) is 0 Å². The molecule has 146 valence electrons. The number of para-hydroxylation sites is 2. The number of methoxy groups -OCH3 is 1. The lowest BCUT2D eigenvalue weighted by atomic mass is 10.3. The van der Waals surface area contributed by atoms with E-state index in [1.54, 1.807) is 33.2 Å². The Hall–Kier alpha value is -3.40. The zero-order chi connectivity index (χ0) is 20.3. The van der Waals surface area contributed by atoms with Gasteiger partial charge in [0.2, 0.25) is 11.9 Å². The lowest BCUT2D eigenvalue weighted by Crippen LogP contribution is -2.12. The predicted octanol–water partition coefficient (Wildman–Crippen LogP) is 2.26. The molecule has 0 amide bonds. The first-order chi connectivity index (χ1) is 13.4. The van der Waals surface area contributed by atoms with Crippen LogP contribution in [0.5, 0.6) is 5.75 Å². The summed E-state index contributed by atoms with van der Waals surface area (Å²) in [6.07, 6.45) is 0. The van der Waals surface area contributed by atoms with E-state index in [1.807, 2.05) is 12.1 Å². The van der Waals surface area contributed by atoms with Crippen LogP contribution in [0.25, 0.3) is 0 Å². The average Bonchev–Trinajstić information content (AvgIpc) is 2.91. The standard InChI is InChI=1S/C17H18ClN7O3/c1-9-13(14(18)25(2)24-9)15(26)28-8-12-21-16(19)23-17(22-12)20-10-6-4-5-7-11(10)27-3/h4-7H,8H2,1-3H3,(H3,19,20,21,22,23). The second kappa shape index (κ2) is 8.09. The number of nitrogen functional groups attached to an aromatic ring is 1. The molecule has 11 heteroatoms. The Morgan fingerprint density at radius 2 is 2.04 bits per heavy atom. The molecule has 1 aromatic carbocycles. The molecule has 0 spiro atoms. The molecule has 0 unspecified atom stereocenters. The fraction of sp³-hybridized carbons (Fsp3) is 0.235. The number of benzene rings is 1. The molecule has 0 saturated carbocycles. The second-order valence-electron chi connectivity index (χ2n) is 5.71. The van der Waals surface area contributed by atoms with Gasteiger partial charge in [0.25, 0.3) is 0 Å². The van der Waals surface area contributed by atoms with Crippen molar-refractivity contribution in [3.8, 4) is 5.75 Å². The smallest absolute Gasteiger partial charge is 0.343 e. The number of aromatic nitrogens is 5. The number of halogens is 1. The number of nitrogens with one attached hydrogen (secondary N) is 1. The van der Waals surface area contributed by atoms with E-state index in [0.29, 0.717) is 17.1 Å². The molecule has 0 bridgehead atoms. The minimum Gasteiger partial charge on any atom is -0.495 e. The molecule has 0 aliphatic rings. The molecule has 0 fully saturated rings. The average molecular weight is 404 g/mol. The number of ether oxygens (including phenoxy) is 2. The Kier molecular flexibility index (Phi) is 5.59. The van der Waals surface area contributed by atoms with Crippen LogP contribution in [-0.4, -0.2) is 37.8 Å². The van der Waals surface area contributed by atoms with E-state index in [4.69, 9.17) is 26.8 Å². The second-order valence-corrected chi connectivity index (χ2v) is 6.07. The molecule has 2 heterocycles. The van der Waals surface area contributed by atoms with E-state index in [9.17, 15) is 4.79 Å². The summed E-state index contributed by atoms with van der Waals surface area (Å²) in [6, 6.07) is 7.25. The van der Waals surface area contributed by atoms with E-state index >= 15 is 0 Å². The van der Waals surface area contributed by atoms with Crippen molar-refractivity contribution in [2.75, 3.05) is 18.2 Å². The minimum absolute atomic E-state index is 0.0194. The Bertz CT molecular complexity index is 1020. The largest absolute Gasteiger partial charge is 0.495 e. The van der Waals surface area contributed by atoms with Crippen LogP contribution in [0.2, 0.25) is 5.15 Å². The molecule has 3 aromatic rings. The number of nitrogens with two attached hydrogens (primary N) is 1. The van der Waals surface area contributed by atoms with E-state index in [1.165, 1.54) is 4.68 Å². The van der Waals surface area contributed by atoms with Crippen LogP contribution in [0.1, 0.15) is 21.9 Å². The van der Waals surface area contributed by atoms with Crippen molar-refractivity contribution in [3.05, 3.63) is 46.5 Å². The number of carbonyl (C=O) groups excluding carboxylic acids is 1. The van der Waals surface area contributed by atoms with Crippen LogP contribution < -0.4 is 15.8 Å². The summed E-state index contributed by atoms with van der Waals surface area (Å²) in [5.41, 5.74) is 7.05. The summed E-state index contributed by atoms with van der Waals surface area (Å²) in [6.45, 7) is 1.45.